The summed E-state index contributed by atoms with van der Waals surface area (Å²) in [6.07, 6.45) is -2.48. The lowest BCUT2D eigenvalue weighted by Crippen LogP contribution is -2.40. The van der Waals surface area contributed by atoms with Crippen molar-refractivity contribution in [2.45, 2.75) is 30.8 Å². The largest absolute Gasteiger partial charge is 0.399 e. The maximum Gasteiger partial charge on any atom is 0.265 e. The maximum atomic E-state index is 13.1. The number of anilines is 2. The summed E-state index contributed by atoms with van der Waals surface area (Å²) in [5.41, 5.74) is 6.65. The molecular weight excluding hydrogens is 254 g/mol. The molecule has 100 valence electrons. The van der Waals surface area contributed by atoms with Gasteiger partial charge >= 0.3 is 0 Å². The molecule has 1 aliphatic heterocycles. The molecule has 0 radical (unpaired) electrons. The Morgan fingerprint density at radius 2 is 1.89 bits per heavy atom. The number of rotatable bonds is 2. The quantitative estimate of drug-likeness (QED) is 0.835. The Balaban J connectivity index is 2.32. The van der Waals surface area contributed by atoms with E-state index < -0.39 is 6.43 Å². The Morgan fingerprint density at radius 3 is 2.44 bits per heavy atom. The van der Waals surface area contributed by atoms with Crippen molar-refractivity contribution in [1.29, 1.82) is 0 Å². The van der Waals surface area contributed by atoms with E-state index in [9.17, 15) is 8.78 Å². The molecule has 2 unspecified atom stereocenters. The number of thioether (sulfide) groups is 1. The smallest absolute Gasteiger partial charge is 0.265 e. The predicted molar refractivity (Wildman–Crippen MR) is 74.5 cm³/mol. The van der Waals surface area contributed by atoms with Crippen molar-refractivity contribution in [2.24, 2.45) is 0 Å². The van der Waals surface area contributed by atoms with Crippen molar-refractivity contribution in [3.05, 3.63) is 23.8 Å². The summed E-state index contributed by atoms with van der Waals surface area (Å²) in [7, 11) is 0. The number of halogens is 2. The highest BCUT2D eigenvalue weighted by atomic mass is 32.2. The summed E-state index contributed by atoms with van der Waals surface area (Å²) < 4.78 is 26.1. The number of nitrogens with two attached hydrogens (primary N) is 1. The molecule has 0 aliphatic carbocycles. The third kappa shape index (κ3) is 2.88. The van der Waals surface area contributed by atoms with Crippen LogP contribution in [-0.4, -0.2) is 23.6 Å². The monoisotopic (exact) mass is 272 g/mol. The lowest BCUT2D eigenvalue weighted by Gasteiger charge is -2.37. The minimum Gasteiger partial charge on any atom is -0.399 e. The van der Waals surface area contributed by atoms with Crippen LogP contribution in [-0.2, 0) is 0 Å². The molecule has 1 fully saturated rings. The van der Waals surface area contributed by atoms with Crippen molar-refractivity contribution in [1.82, 2.24) is 0 Å². The fourth-order valence-electron chi connectivity index (χ4n) is 2.41. The van der Waals surface area contributed by atoms with Crippen LogP contribution >= 0.6 is 11.8 Å². The highest BCUT2D eigenvalue weighted by molar-refractivity contribution is 8.00. The lowest BCUT2D eigenvalue weighted by atomic mass is 10.1. The molecule has 2 N–H and O–H groups in total. The van der Waals surface area contributed by atoms with Crippen molar-refractivity contribution in [3.63, 3.8) is 0 Å². The lowest BCUT2D eigenvalue weighted by molar-refractivity contribution is 0.152. The van der Waals surface area contributed by atoms with Crippen LogP contribution in [0.2, 0.25) is 0 Å². The Hall–Kier alpha value is -0.970. The third-order valence-electron chi connectivity index (χ3n) is 3.05. The second-order valence-electron chi connectivity index (χ2n) is 4.78. The summed E-state index contributed by atoms with van der Waals surface area (Å²) >= 11 is 1.90. The first kappa shape index (κ1) is 13.5. The van der Waals surface area contributed by atoms with E-state index in [-0.39, 0.29) is 5.56 Å². The van der Waals surface area contributed by atoms with Crippen molar-refractivity contribution in [2.75, 3.05) is 23.7 Å². The van der Waals surface area contributed by atoms with E-state index in [1.807, 2.05) is 16.7 Å². The van der Waals surface area contributed by atoms with Gasteiger partial charge in [0.05, 0.1) is 0 Å². The molecule has 1 aliphatic rings. The molecule has 1 aromatic carbocycles. The van der Waals surface area contributed by atoms with Gasteiger partial charge in [-0.15, -0.1) is 0 Å². The Kier molecular flexibility index (Phi) is 4.00. The minimum absolute atomic E-state index is 0.0429. The molecule has 1 aromatic rings. The zero-order chi connectivity index (χ0) is 13.3. The highest BCUT2D eigenvalue weighted by Crippen LogP contribution is 2.35. The first-order valence-electron chi connectivity index (χ1n) is 6.05. The van der Waals surface area contributed by atoms with Gasteiger partial charge in [-0.3, -0.25) is 0 Å². The van der Waals surface area contributed by atoms with Crippen LogP contribution in [0.15, 0.2) is 18.2 Å². The Bertz CT molecular complexity index is 415. The molecule has 5 heteroatoms. The molecule has 0 aromatic heterocycles. The van der Waals surface area contributed by atoms with E-state index in [1.165, 1.54) is 6.07 Å². The average Bonchev–Trinajstić information content (AvgIpc) is 2.27. The molecule has 2 atom stereocenters. The van der Waals surface area contributed by atoms with Crippen LogP contribution in [0.3, 0.4) is 0 Å². The molecule has 1 saturated heterocycles. The van der Waals surface area contributed by atoms with Crippen LogP contribution in [0.5, 0.6) is 0 Å². The molecule has 0 bridgehead atoms. The van der Waals surface area contributed by atoms with Crippen molar-refractivity contribution < 1.29 is 8.78 Å². The first-order valence-corrected chi connectivity index (χ1v) is 6.99. The molecule has 0 spiro atoms. The second kappa shape index (κ2) is 5.34. The Labute approximate surface area is 111 Å². The standard InChI is InChI=1S/C13H18F2N2S/c1-8-6-17(7-9(2)18-8)12-4-3-10(16)5-11(12)13(14)15/h3-5,8-9,13H,6-7,16H2,1-2H3. The number of alkyl halides is 2. The van der Waals surface area contributed by atoms with Gasteiger partial charge in [0.25, 0.3) is 6.43 Å². The number of nitrogen functional groups attached to an aromatic ring is 1. The molecular formula is C13H18F2N2S. The highest BCUT2D eigenvalue weighted by Gasteiger charge is 2.25. The van der Waals surface area contributed by atoms with Crippen LogP contribution in [0, 0.1) is 0 Å². The summed E-state index contributed by atoms with van der Waals surface area (Å²) in [5.74, 6) is 0. The van der Waals surface area contributed by atoms with Crippen LogP contribution in [0.4, 0.5) is 20.2 Å². The molecule has 1 heterocycles. The summed E-state index contributed by atoms with van der Waals surface area (Å²) in [5, 5.41) is 0.911. The van der Waals surface area contributed by atoms with Crippen LogP contribution in [0.1, 0.15) is 25.8 Å². The van der Waals surface area contributed by atoms with Crippen LogP contribution in [0.25, 0.3) is 0 Å². The Morgan fingerprint density at radius 1 is 1.28 bits per heavy atom. The predicted octanol–water partition coefficient (Wildman–Crippen LogP) is 3.54. The van der Waals surface area contributed by atoms with E-state index in [0.717, 1.165) is 13.1 Å². The summed E-state index contributed by atoms with van der Waals surface area (Å²) in [4.78, 5) is 2.05. The minimum atomic E-state index is -2.48. The van der Waals surface area contributed by atoms with Gasteiger partial charge in [-0.2, -0.15) is 11.8 Å². The summed E-state index contributed by atoms with van der Waals surface area (Å²) in [6.45, 7) is 5.87. The maximum absolute atomic E-state index is 13.1. The fraction of sp³-hybridized carbons (Fsp3) is 0.538. The normalized spacial score (nSPS) is 24.6. The first-order chi connectivity index (χ1) is 8.47. The number of nitrogens with zero attached hydrogens (tertiary/aromatic N) is 1. The van der Waals surface area contributed by atoms with Gasteiger partial charge in [-0.1, -0.05) is 13.8 Å². The number of benzene rings is 1. The van der Waals surface area contributed by atoms with E-state index in [0.29, 0.717) is 21.9 Å². The van der Waals surface area contributed by atoms with Gasteiger partial charge in [-0.05, 0) is 18.2 Å². The van der Waals surface area contributed by atoms with E-state index in [1.54, 1.807) is 12.1 Å². The van der Waals surface area contributed by atoms with Crippen molar-refractivity contribution in [3.8, 4) is 0 Å². The van der Waals surface area contributed by atoms with E-state index in [4.69, 9.17) is 5.73 Å². The zero-order valence-corrected chi connectivity index (χ0v) is 11.4. The topological polar surface area (TPSA) is 29.3 Å². The SMILES string of the molecule is CC1CN(c2ccc(N)cc2C(F)F)CC(C)S1. The van der Waals surface area contributed by atoms with Gasteiger partial charge < -0.3 is 10.6 Å². The average molecular weight is 272 g/mol. The van der Waals surface area contributed by atoms with Gasteiger partial charge in [0.15, 0.2) is 0 Å². The van der Waals surface area contributed by atoms with E-state index >= 15 is 0 Å². The number of hydrogen-bond donors (Lipinski definition) is 1. The number of hydrogen-bond acceptors (Lipinski definition) is 3. The van der Waals surface area contributed by atoms with Crippen LogP contribution < -0.4 is 10.6 Å². The fourth-order valence-corrected chi connectivity index (χ4v) is 3.74. The van der Waals surface area contributed by atoms with E-state index in [2.05, 4.69) is 13.8 Å². The van der Waals surface area contributed by atoms with Gasteiger partial charge in [0.1, 0.15) is 0 Å². The zero-order valence-electron chi connectivity index (χ0n) is 10.6. The molecule has 2 rings (SSSR count). The molecule has 2 nitrogen and oxygen atoms in total. The third-order valence-corrected chi connectivity index (χ3v) is 4.27. The summed E-state index contributed by atoms with van der Waals surface area (Å²) in [6, 6.07) is 4.79. The molecule has 0 saturated carbocycles. The van der Waals surface area contributed by atoms with Crippen molar-refractivity contribution >= 4 is 23.1 Å². The van der Waals surface area contributed by atoms with Gasteiger partial charge in [0, 0.05) is 40.5 Å². The van der Waals surface area contributed by atoms with Gasteiger partial charge in [-0.25, -0.2) is 8.78 Å². The van der Waals surface area contributed by atoms with Gasteiger partial charge in [0.2, 0.25) is 0 Å². The second-order valence-corrected chi connectivity index (χ2v) is 6.66. The molecule has 18 heavy (non-hydrogen) atoms. The molecule has 0 amide bonds.